The zero-order valence-electron chi connectivity index (χ0n) is 12.9. The highest BCUT2D eigenvalue weighted by Gasteiger charge is 2.13. The van der Waals surface area contributed by atoms with Gasteiger partial charge in [0.25, 0.3) is 0 Å². The maximum Gasteiger partial charge on any atom is 0.135 e. The molecule has 0 aromatic carbocycles. The minimum atomic E-state index is 0.758. The van der Waals surface area contributed by atoms with Crippen LogP contribution in [0.25, 0.3) is 22.0 Å². The number of hydrogen-bond acceptors (Lipinski definition) is 6. The average molecular weight is 314 g/mol. The SMILES string of the molecule is CCNc1cc(-c2nc(-c3nn(CC)nc3C)cs2)ccn1. The largest absolute Gasteiger partial charge is 0.370 e. The molecule has 6 nitrogen and oxygen atoms in total. The highest BCUT2D eigenvalue weighted by atomic mass is 32.1. The van der Waals surface area contributed by atoms with Crippen LogP contribution in [0.5, 0.6) is 0 Å². The van der Waals surface area contributed by atoms with Gasteiger partial charge in [-0.05, 0) is 32.9 Å². The summed E-state index contributed by atoms with van der Waals surface area (Å²) in [5.41, 5.74) is 3.69. The zero-order valence-corrected chi connectivity index (χ0v) is 13.7. The molecule has 0 aliphatic heterocycles. The molecule has 0 radical (unpaired) electrons. The van der Waals surface area contributed by atoms with E-state index in [0.29, 0.717) is 0 Å². The van der Waals surface area contributed by atoms with Crippen LogP contribution in [0.1, 0.15) is 19.5 Å². The van der Waals surface area contributed by atoms with Crippen LogP contribution in [-0.4, -0.2) is 31.5 Å². The highest BCUT2D eigenvalue weighted by molar-refractivity contribution is 7.13. The molecule has 3 heterocycles. The number of pyridine rings is 1. The number of anilines is 1. The number of hydrogen-bond donors (Lipinski definition) is 1. The van der Waals surface area contributed by atoms with E-state index in [1.807, 2.05) is 31.4 Å². The van der Waals surface area contributed by atoms with E-state index in [1.165, 1.54) is 0 Å². The van der Waals surface area contributed by atoms with E-state index in [1.54, 1.807) is 22.3 Å². The molecule has 1 N–H and O–H groups in total. The fourth-order valence-corrected chi connectivity index (χ4v) is 2.97. The van der Waals surface area contributed by atoms with Crippen molar-refractivity contribution in [2.75, 3.05) is 11.9 Å². The molecule has 114 valence electrons. The van der Waals surface area contributed by atoms with Crippen molar-refractivity contribution in [3.8, 4) is 22.0 Å². The van der Waals surface area contributed by atoms with E-state index in [4.69, 9.17) is 4.98 Å². The number of thiazole rings is 1. The van der Waals surface area contributed by atoms with Crippen LogP contribution in [0, 0.1) is 6.92 Å². The van der Waals surface area contributed by atoms with Crippen LogP contribution in [0.15, 0.2) is 23.7 Å². The van der Waals surface area contributed by atoms with Crippen molar-refractivity contribution in [1.82, 2.24) is 25.0 Å². The minimum Gasteiger partial charge on any atom is -0.370 e. The summed E-state index contributed by atoms with van der Waals surface area (Å²) in [7, 11) is 0. The lowest BCUT2D eigenvalue weighted by Crippen LogP contribution is -1.98. The number of nitrogens with one attached hydrogen (secondary N) is 1. The Morgan fingerprint density at radius 2 is 2.14 bits per heavy atom. The summed E-state index contributed by atoms with van der Waals surface area (Å²) in [5.74, 6) is 0.866. The second-order valence-corrected chi connectivity index (χ2v) is 5.68. The van der Waals surface area contributed by atoms with Crippen molar-refractivity contribution in [2.45, 2.75) is 27.3 Å². The van der Waals surface area contributed by atoms with Crippen LogP contribution in [0.3, 0.4) is 0 Å². The molecule has 0 fully saturated rings. The van der Waals surface area contributed by atoms with Gasteiger partial charge in [0.1, 0.15) is 22.2 Å². The molecule has 3 rings (SSSR count). The average Bonchev–Trinajstić information content (AvgIpc) is 3.14. The molecule has 3 aromatic heterocycles. The molecule has 0 saturated carbocycles. The van der Waals surface area contributed by atoms with Gasteiger partial charge < -0.3 is 5.32 Å². The van der Waals surface area contributed by atoms with E-state index in [9.17, 15) is 0 Å². The Morgan fingerprint density at radius 1 is 1.27 bits per heavy atom. The van der Waals surface area contributed by atoms with Crippen molar-refractivity contribution >= 4 is 17.2 Å². The predicted molar refractivity (Wildman–Crippen MR) is 88.9 cm³/mol. The smallest absolute Gasteiger partial charge is 0.135 e. The molecule has 0 bridgehead atoms. The monoisotopic (exact) mass is 314 g/mol. The van der Waals surface area contributed by atoms with Crippen molar-refractivity contribution in [1.29, 1.82) is 0 Å². The third kappa shape index (κ3) is 2.85. The van der Waals surface area contributed by atoms with Crippen LogP contribution < -0.4 is 5.32 Å². The quantitative estimate of drug-likeness (QED) is 0.783. The van der Waals surface area contributed by atoms with Crippen LogP contribution >= 0.6 is 11.3 Å². The minimum absolute atomic E-state index is 0.758. The first-order valence-corrected chi connectivity index (χ1v) is 8.17. The molecule has 0 aliphatic carbocycles. The number of aryl methyl sites for hydroxylation is 2. The van der Waals surface area contributed by atoms with Crippen molar-refractivity contribution in [3.63, 3.8) is 0 Å². The molecule has 7 heteroatoms. The fraction of sp³-hybridized carbons (Fsp3) is 0.333. The topological polar surface area (TPSA) is 68.5 Å². The van der Waals surface area contributed by atoms with Gasteiger partial charge in [-0.1, -0.05) is 0 Å². The third-order valence-electron chi connectivity index (χ3n) is 3.22. The van der Waals surface area contributed by atoms with Gasteiger partial charge in [-0.3, -0.25) is 0 Å². The Kier molecular flexibility index (Phi) is 4.15. The van der Waals surface area contributed by atoms with Gasteiger partial charge in [-0.15, -0.1) is 11.3 Å². The molecule has 0 amide bonds. The predicted octanol–water partition coefficient (Wildman–Crippen LogP) is 3.22. The van der Waals surface area contributed by atoms with Gasteiger partial charge in [0, 0.05) is 23.7 Å². The molecule has 3 aromatic rings. The first kappa shape index (κ1) is 14.6. The third-order valence-corrected chi connectivity index (χ3v) is 4.11. The molecule has 0 unspecified atom stereocenters. The van der Waals surface area contributed by atoms with Gasteiger partial charge in [-0.25, -0.2) is 9.97 Å². The van der Waals surface area contributed by atoms with Gasteiger partial charge in [0.05, 0.1) is 12.2 Å². The summed E-state index contributed by atoms with van der Waals surface area (Å²) in [6.45, 7) is 7.64. The van der Waals surface area contributed by atoms with Crippen molar-refractivity contribution < 1.29 is 0 Å². The van der Waals surface area contributed by atoms with E-state index in [2.05, 4.69) is 27.4 Å². The first-order valence-electron chi connectivity index (χ1n) is 7.29. The summed E-state index contributed by atoms with van der Waals surface area (Å²) in [6.07, 6.45) is 1.80. The first-order chi connectivity index (χ1) is 10.7. The summed E-state index contributed by atoms with van der Waals surface area (Å²) in [5, 5.41) is 15.1. The Bertz CT molecular complexity index is 776. The second kappa shape index (κ2) is 6.23. The van der Waals surface area contributed by atoms with E-state index >= 15 is 0 Å². The Morgan fingerprint density at radius 3 is 2.86 bits per heavy atom. The summed E-state index contributed by atoms with van der Waals surface area (Å²) in [4.78, 5) is 10.7. The van der Waals surface area contributed by atoms with Crippen molar-refractivity contribution in [3.05, 3.63) is 29.4 Å². The number of rotatable bonds is 5. The van der Waals surface area contributed by atoms with Gasteiger partial charge in [0.15, 0.2) is 0 Å². The Hall–Kier alpha value is -2.28. The van der Waals surface area contributed by atoms with Crippen LogP contribution in [0.4, 0.5) is 5.82 Å². The van der Waals surface area contributed by atoms with Crippen LogP contribution in [-0.2, 0) is 6.54 Å². The maximum atomic E-state index is 4.71. The molecule has 0 saturated heterocycles. The summed E-state index contributed by atoms with van der Waals surface area (Å²) >= 11 is 1.61. The second-order valence-electron chi connectivity index (χ2n) is 4.82. The Labute approximate surface area is 133 Å². The van der Waals surface area contributed by atoms with E-state index in [0.717, 1.165) is 46.6 Å². The lowest BCUT2D eigenvalue weighted by Gasteiger charge is -2.02. The summed E-state index contributed by atoms with van der Waals surface area (Å²) in [6, 6.07) is 3.99. The fourth-order valence-electron chi connectivity index (χ4n) is 2.17. The lowest BCUT2D eigenvalue weighted by atomic mass is 10.2. The van der Waals surface area contributed by atoms with Gasteiger partial charge in [-0.2, -0.15) is 15.0 Å². The van der Waals surface area contributed by atoms with Crippen molar-refractivity contribution in [2.24, 2.45) is 0 Å². The number of nitrogens with zero attached hydrogens (tertiary/aromatic N) is 5. The summed E-state index contributed by atoms with van der Waals surface area (Å²) < 4.78 is 0. The maximum absolute atomic E-state index is 4.71. The lowest BCUT2D eigenvalue weighted by molar-refractivity contribution is 0.567. The van der Waals surface area contributed by atoms with Crippen LogP contribution in [0.2, 0.25) is 0 Å². The Balaban J connectivity index is 1.93. The molecule has 0 atom stereocenters. The normalized spacial score (nSPS) is 10.9. The molecule has 0 spiro atoms. The molecule has 22 heavy (non-hydrogen) atoms. The standard InChI is InChI=1S/C15H18N6S/c1-4-16-13-8-11(6-7-17-13)15-18-12(9-22-15)14-10(3)19-21(5-2)20-14/h6-9H,4-5H2,1-3H3,(H,16,17). The van der Waals surface area contributed by atoms with E-state index < -0.39 is 0 Å². The van der Waals surface area contributed by atoms with E-state index in [-0.39, 0.29) is 0 Å². The zero-order chi connectivity index (χ0) is 15.5. The molecular formula is C15H18N6S. The highest BCUT2D eigenvalue weighted by Crippen LogP contribution is 2.29. The van der Waals surface area contributed by atoms with Gasteiger partial charge in [0.2, 0.25) is 0 Å². The van der Waals surface area contributed by atoms with Gasteiger partial charge >= 0.3 is 0 Å². The molecular weight excluding hydrogens is 296 g/mol. The molecule has 0 aliphatic rings. The number of aromatic nitrogens is 5.